The highest BCUT2D eigenvalue weighted by molar-refractivity contribution is 5.86. The Morgan fingerprint density at radius 3 is 2.55 bits per heavy atom. The monoisotopic (exact) mass is 395 g/mol. The second kappa shape index (κ2) is 9.75. The minimum atomic E-state index is -0.842. The summed E-state index contributed by atoms with van der Waals surface area (Å²) in [6, 6.07) is 16.3. The van der Waals surface area contributed by atoms with Crippen LogP contribution in [0.1, 0.15) is 11.1 Å². The maximum atomic E-state index is 12.8. The van der Waals surface area contributed by atoms with Crippen molar-refractivity contribution in [2.75, 3.05) is 20.2 Å². The lowest BCUT2D eigenvalue weighted by Crippen LogP contribution is -2.49. The molecule has 0 aliphatic heterocycles. The van der Waals surface area contributed by atoms with E-state index in [9.17, 15) is 9.59 Å². The largest absolute Gasteiger partial charge is 0.467 e. The standard InChI is InChI=1S/C22H25N3O4/c1-28-21(26)20(13-17-14-24-19-10-6-5-9-18(17)19)25(12-11-23)22(27)29-15-16-7-3-2-4-8-16/h2-10,14,20,24H,11-13,15,23H2,1H3/t20-/m1/s1. The van der Waals surface area contributed by atoms with Gasteiger partial charge >= 0.3 is 12.1 Å². The summed E-state index contributed by atoms with van der Waals surface area (Å²) in [7, 11) is 1.31. The molecule has 1 amide bonds. The number of carbonyl (C=O) groups is 2. The van der Waals surface area contributed by atoms with Gasteiger partial charge in [0.05, 0.1) is 7.11 Å². The van der Waals surface area contributed by atoms with Crippen molar-refractivity contribution < 1.29 is 19.1 Å². The molecule has 0 bridgehead atoms. The van der Waals surface area contributed by atoms with Gasteiger partial charge in [-0.2, -0.15) is 0 Å². The molecule has 0 saturated carbocycles. The molecular formula is C22H25N3O4. The maximum absolute atomic E-state index is 12.8. The first-order valence-corrected chi connectivity index (χ1v) is 9.44. The van der Waals surface area contributed by atoms with Crippen molar-refractivity contribution >= 4 is 23.0 Å². The van der Waals surface area contributed by atoms with Crippen molar-refractivity contribution in [3.63, 3.8) is 0 Å². The zero-order chi connectivity index (χ0) is 20.6. The van der Waals surface area contributed by atoms with E-state index in [1.807, 2.05) is 60.8 Å². The highest BCUT2D eigenvalue weighted by Gasteiger charge is 2.32. The average molecular weight is 395 g/mol. The third-order valence-electron chi connectivity index (χ3n) is 4.75. The number of aromatic nitrogens is 1. The SMILES string of the molecule is COC(=O)[C@@H](Cc1c[nH]c2ccccc12)N(CCN)C(=O)OCc1ccccc1. The Labute approximate surface area is 169 Å². The number of hydrogen-bond donors (Lipinski definition) is 2. The first kappa shape index (κ1) is 20.4. The molecule has 3 rings (SSSR count). The molecule has 7 nitrogen and oxygen atoms in total. The Balaban J connectivity index is 1.81. The number of aromatic amines is 1. The van der Waals surface area contributed by atoms with Crippen LogP contribution in [-0.4, -0.2) is 48.2 Å². The summed E-state index contributed by atoms with van der Waals surface area (Å²) in [4.78, 5) is 29.9. The van der Waals surface area contributed by atoms with Crippen LogP contribution in [0.2, 0.25) is 0 Å². The van der Waals surface area contributed by atoms with Gasteiger partial charge in [0.15, 0.2) is 0 Å². The van der Waals surface area contributed by atoms with Crippen LogP contribution in [0.25, 0.3) is 10.9 Å². The lowest BCUT2D eigenvalue weighted by Gasteiger charge is -2.28. The van der Waals surface area contributed by atoms with E-state index in [-0.39, 0.29) is 26.1 Å². The van der Waals surface area contributed by atoms with E-state index in [0.717, 1.165) is 22.0 Å². The predicted molar refractivity (Wildman–Crippen MR) is 110 cm³/mol. The van der Waals surface area contributed by atoms with Crippen LogP contribution in [0.15, 0.2) is 60.8 Å². The lowest BCUT2D eigenvalue weighted by molar-refractivity contribution is -0.146. The highest BCUT2D eigenvalue weighted by atomic mass is 16.6. The lowest BCUT2D eigenvalue weighted by atomic mass is 10.0. The van der Waals surface area contributed by atoms with Crippen molar-refractivity contribution in [3.8, 4) is 0 Å². The summed E-state index contributed by atoms with van der Waals surface area (Å²) in [5, 5.41) is 0.992. The summed E-state index contributed by atoms with van der Waals surface area (Å²) in [6.45, 7) is 0.485. The molecule has 0 saturated heterocycles. The Hall–Kier alpha value is -3.32. The number of amides is 1. The van der Waals surface area contributed by atoms with E-state index in [4.69, 9.17) is 15.2 Å². The molecule has 152 valence electrons. The fourth-order valence-corrected chi connectivity index (χ4v) is 3.28. The molecule has 0 spiro atoms. The Morgan fingerprint density at radius 2 is 1.83 bits per heavy atom. The molecule has 0 unspecified atom stereocenters. The number of esters is 1. The van der Waals surface area contributed by atoms with Gasteiger partial charge in [-0.05, 0) is 17.2 Å². The summed E-state index contributed by atoms with van der Waals surface area (Å²) < 4.78 is 10.4. The van der Waals surface area contributed by atoms with Gasteiger partial charge in [0.25, 0.3) is 0 Å². The third kappa shape index (κ3) is 4.94. The number of para-hydroxylation sites is 1. The van der Waals surface area contributed by atoms with Crippen molar-refractivity contribution in [1.82, 2.24) is 9.88 Å². The zero-order valence-corrected chi connectivity index (χ0v) is 16.3. The molecule has 29 heavy (non-hydrogen) atoms. The van der Waals surface area contributed by atoms with E-state index in [1.165, 1.54) is 12.0 Å². The van der Waals surface area contributed by atoms with Crippen LogP contribution in [-0.2, 0) is 27.3 Å². The van der Waals surface area contributed by atoms with Crippen molar-refractivity contribution in [3.05, 3.63) is 71.9 Å². The molecule has 7 heteroatoms. The first-order chi connectivity index (χ1) is 14.1. The van der Waals surface area contributed by atoms with E-state index in [2.05, 4.69) is 4.98 Å². The number of fused-ring (bicyclic) bond motifs is 1. The van der Waals surface area contributed by atoms with Crippen LogP contribution in [0.3, 0.4) is 0 Å². The fraction of sp³-hybridized carbons (Fsp3) is 0.273. The van der Waals surface area contributed by atoms with Gasteiger partial charge in [0.1, 0.15) is 12.6 Å². The number of benzene rings is 2. The molecule has 3 N–H and O–H groups in total. The average Bonchev–Trinajstić information content (AvgIpc) is 3.17. The zero-order valence-electron chi connectivity index (χ0n) is 16.3. The minimum absolute atomic E-state index is 0.113. The fourth-order valence-electron chi connectivity index (χ4n) is 3.28. The summed E-state index contributed by atoms with van der Waals surface area (Å²) >= 11 is 0. The number of methoxy groups -OCH3 is 1. The smallest absolute Gasteiger partial charge is 0.410 e. The van der Waals surface area contributed by atoms with E-state index in [1.54, 1.807) is 0 Å². The minimum Gasteiger partial charge on any atom is -0.467 e. The number of rotatable bonds is 8. The van der Waals surface area contributed by atoms with Gasteiger partial charge in [-0.1, -0.05) is 48.5 Å². The quantitative estimate of drug-likeness (QED) is 0.572. The molecule has 1 heterocycles. The number of carbonyl (C=O) groups excluding carboxylic acids is 2. The molecule has 0 fully saturated rings. The van der Waals surface area contributed by atoms with Crippen molar-refractivity contribution in [2.24, 2.45) is 5.73 Å². The van der Waals surface area contributed by atoms with E-state index in [0.29, 0.717) is 0 Å². The van der Waals surface area contributed by atoms with Crippen LogP contribution >= 0.6 is 0 Å². The Morgan fingerprint density at radius 1 is 1.10 bits per heavy atom. The Bertz CT molecular complexity index is 955. The van der Waals surface area contributed by atoms with Gasteiger partial charge in [0, 0.05) is 36.6 Å². The molecule has 1 atom stereocenters. The molecule has 1 aromatic heterocycles. The van der Waals surface area contributed by atoms with Gasteiger partial charge in [0.2, 0.25) is 0 Å². The summed E-state index contributed by atoms with van der Waals surface area (Å²) in [5.74, 6) is -0.514. The number of ether oxygens (including phenoxy) is 2. The van der Waals surface area contributed by atoms with Crippen LogP contribution in [0.5, 0.6) is 0 Å². The molecule has 0 aliphatic carbocycles. The van der Waals surface area contributed by atoms with Gasteiger partial charge in [-0.15, -0.1) is 0 Å². The molecule has 0 aliphatic rings. The molecule has 0 radical (unpaired) electrons. The predicted octanol–water partition coefficient (Wildman–Crippen LogP) is 2.85. The van der Waals surface area contributed by atoms with Gasteiger partial charge in [-0.25, -0.2) is 9.59 Å². The maximum Gasteiger partial charge on any atom is 0.410 e. The Kier molecular flexibility index (Phi) is 6.86. The van der Waals surface area contributed by atoms with Gasteiger partial charge < -0.3 is 20.2 Å². The first-order valence-electron chi connectivity index (χ1n) is 9.44. The van der Waals surface area contributed by atoms with Crippen LogP contribution in [0.4, 0.5) is 4.79 Å². The second-order valence-corrected chi connectivity index (χ2v) is 6.62. The number of H-pyrrole nitrogens is 1. The summed E-state index contributed by atoms with van der Waals surface area (Å²) in [5.41, 5.74) is 8.44. The van der Waals surface area contributed by atoms with Crippen molar-refractivity contribution in [2.45, 2.75) is 19.1 Å². The van der Waals surface area contributed by atoms with Crippen LogP contribution in [0, 0.1) is 0 Å². The highest BCUT2D eigenvalue weighted by Crippen LogP contribution is 2.21. The number of nitrogens with zero attached hydrogens (tertiary/aromatic N) is 1. The van der Waals surface area contributed by atoms with Gasteiger partial charge in [-0.3, -0.25) is 4.90 Å². The molecule has 2 aromatic carbocycles. The molecular weight excluding hydrogens is 370 g/mol. The number of nitrogens with two attached hydrogens (primary N) is 1. The third-order valence-corrected chi connectivity index (χ3v) is 4.75. The molecule has 3 aromatic rings. The summed E-state index contributed by atoms with van der Waals surface area (Å²) in [6.07, 6.45) is 1.53. The van der Waals surface area contributed by atoms with Crippen molar-refractivity contribution in [1.29, 1.82) is 0 Å². The number of nitrogens with one attached hydrogen (secondary N) is 1. The van der Waals surface area contributed by atoms with E-state index < -0.39 is 18.1 Å². The topological polar surface area (TPSA) is 97.7 Å². The van der Waals surface area contributed by atoms with E-state index >= 15 is 0 Å². The van der Waals surface area contributed by atoms with Crippen LogP contribution < -0.4 is 5.73 Å². The number of hydrogen-bond acceptors (Lipinski definition) is 5. The second-order valence-electron chi connectivity index (χ2n) is 6.62. The normalized spacial score (nSPS) is 11.8.